The monoisotopic (exact) mass is 390 g/mol. The number of fused-ring (bicyclic) bond motifs is 5. The molecule has 0 spiro atoms. The van der Waals surface area contributed by atoms with Crippen molar-refractivity contribution in [3.63, 3.8) is 0 Å². The van der Waals surface area contributed by atoms with E-state index < -0.39 is 5.60 Å². The van der Waals surface area contributed by atoms with Crippen molar-refractivity contribution in [3.8, 4) is 33.8 Å². The van der Waals surface area contributed by atoms with Crippen molar-refractivity contribution < 1.29 is 9.47 Å². The van der Waals surface area contributed by atoms with E-state index in [1.165, 1.54) is 11.1 Å². The Hall–Kier alpha value is -3.52. The van der Waals surface area contributed by atoms with E-state index in [2.05, 4.69) is 91.9 Å². The molecule has 6 rings (SSSR count). The van der Waals surface area contributed by atoms with E-state index in [9.17, 15) is 0 Å². The molecule has 0 aliphatic carbocycles. The van der Waals surface area contributed by atoms with E-state index in [4.69, 9.17) is 9.47 Å². The van der Waals surface area contributed by atoms with Gasteiger partial charge in [-0.05, 0) is 18.1 Å². The minimum Gasteiger partial charge on any atom is -0.492 e. The third-order valence-electron chi connectivity index (χ3n) is 6.51. The van der Waals surface area contributed by atoms with Crippen molar-refractivity contribution in [1.82, 2.24) is 0 Å². The molecular weight excluding hydrogens is 368 g/mol. The molecule has 0 aromatic heterocycles. The molecule has 2 heterocycles. The second kappa shape index (κ2) is 6.50. The van der Waals surface area contributed by atoms with Crippen LogP contribution in [0.4, 0.5) is 0 Å². The van der Waals surface area contributed by atoms with Crippen LogP contribution < -0.4 is 9.47 Å². The highest BCUT2D eigenvalue weighted by molar-refractivity contribution is 5.77. The van der Waals surface area contributed by atoms with Gasteiger partial charge in [0.25, 0.3) is 0 Å². The highest BCUT2D eigenvalue weighted by Gasteiger charge is 2.51. The second-order valence-corrected chi connectivity index (χ2v) is 8.21. The highest BCUT2D eigenvalue weighted by atomic mass is 16.5. The fourth-order valence-corrected chi connectivity index (χ4v) is 4.95. The number of hydrogen-bond donors (Lipinski definition) is 0. The molecule has 2 atom stereocenters. The smallest absolute Gasteiger partial charge is 0.145 e. The maximum atomic E-state index is 6.82. The highest BCUT2D eigenvalue weighted by Crippen LogP contribution is 2.58. The molecule has 4 aromatic carbocycles. The first-order valence-electron chi connectivity index (χ1n) is 10.4. The molecule has 30 heavy (non-hydrogen) atoms. The Labute approximate surface area is 176 Å². The van der Waals surface area contributed by atoms with E-state index in [0.29, 0.717) is 6.61 Å². The first-order valence-corrected chi connectivity index (χ1v) is 10.4. The van der Waals surface area contributed by atoms with Crippen molar-refractivity contribution in [2.75, 3.05) is 6.61 Å². The van der Waals surface area contributed by atoms with Crippen LogP contribution in [-0.4, -0.2) is 6.61 Å². The van der Waals surface area contributed by atoms with E-state index in [-0.39, 0.29) is 5.92 Å². The van der Waals surface area contributed by atoms with Crippen LogP contribution in [0.25, 0.3) is 22.3 Å². The van der Waals surface area contributed by atoms with Gasteiger partial charge in [0.2, 0.25) is 0 Å². The normalized spacial score (nSPS) is 21.0. The molecule has 0 N–H and O–H groups in total. The van der Waals surface area contributed by atoms with E-state index in [1.54, 1.807) is 0 Å². The van der Waals surface area contributed by atoms with Gasteiger partial charge in [0.15, 0.2) is 0 Å². The van der Waals surface area contributed by atoms with Gasteiger partial charge in [-0.1, -0.05) is 97.1 Å². The van der Waals surface area contributed by atoms with Crippen molar-refractivity contribution >= 4 is 0 Å². The lowest BCUT2D eigenvalue weighted by atomic mass is 9.77. The van der Waals surface area contributed by atoms with E-state index in [0.717, 1.165) is 33.8 Å². The minimum absolute atomic E-state index is 0.162. The molecule has 2 nitrogen and oxygen atoms in total. The van der Waals surface area contributed by atoms with Gasteiger partial charge in [0, 0.05) is 22.3 Å². The second-order valence-electron chi connectivity index (χ2n) is 8.21. The van der Waals surface area contributed by atoms with Crippen molar-refractivity contribution in [2.24, 2.45) is 0 Å². The van der Waals surface area contributed by atoms with Gasteiger partial charge in [-0.3, -0.25) is 0 Å². The zero-order valence-corrected chi connectivity index (χ0v) is 16.8. The molecule has 2 heteroatoms. The number of hydrogen-bond acceptors (Lipinski definition) is 2. The third kappa shape index (κ3) is 2.43. The van der Waals surface area contributed by atoms with Crippen molar-refractivity contribution in [2.45, 2.75) is 18.4 Å². The van der Waals surface area contributed by atoms with Crippen LogP contribution in [0.2, 0.25) is 0 Å². The predicted molar refractivity (Wildman–Crippen MR) is 120 cm³/mol. The molecule has 146 valence electrons. The Morgan fingerprint density at radius 1 is 0.667 bits per heavy atom. The largest absolute Gasteiger partial charge is 0.492 e. The topological polar surface area (TPSA) is 18.5 Å². The molecule has 0 radical (unpaired) electrons. The Balaban J connectivity index is 1.50. The molecule has 4 aromatic rings. The minimum atomic E-state index is -0.453. The van der Waals surface area contributed by atoms with E-state index >= 15 is 0 Å². The Morgan fingerprint density at radius 3 is 1.93 bits per heavy atom. The lowest BCUT2D eigenvalue weighted by Gasteiger charge is -2.37. The Morgan fingerprint density at radius 2 is 1.27 bits per heavy atom. The molecule has 0 bridgehead atoms. The molecule has 0 fully saturated rings. The van der Waals surface area contributed by atoms with Crippen LogP contribution in [0, 0.1) is 0 Å². The van der Waals surface area contributed by atoms with Gasteiger partial charge >= 0.3 is 0 Å². The van der Waals surface area contributed by atoms with Gasteiger partial charge in [-0.25, -0.2) is 0 Å². The van der Waals surface area contributed by atoms with Gasteiger partial charge in [-0.15, -0.1) is 0 Å². The maximum absolute atomic E-state index is 6.82. The molecule has 2 unspecified atom stereocenters. The summed E-state index contributed by atoms with van der Waals surface area (Å²) in [6.45, 7) is 2.82. The molecule has 2 aliphatic heterocycles. The summed E-state index contributed by atoms with van der Waals surface area (Å²) in [4.78, 5) is 0. The summed E-state index contributed by atoms with van der Waals surface area (Å²) >= 11 is 0. The van der Waals surface area contributed by atoms with Crippen LogP contribution >= 0.6 is 0 Å². The first-order chi connectivity index (χ1) is 14.8. The zero-order chi connectivity index (χ0) is 20.1. The van der Waals surface area contributed by atoms with Crippen LogP contribution in [0.5, 0.6) is 11.5 Å². The summed E-state index contributed by atoms with van der Waals surface area (Å²) in [5.74, 6) is 2.09. The lowest BCUT2D eigenvalue weighted by molar-refractivity contribution is 0.0442. The molecule has 0 amide bonds. The fraction of sp³-hybridized carbons (Fsp3) is 0.143. The van der Waals surface area contributed by atoms with Crippen molar-refractivity contribution in [1.29, 1.82) is 0 Å². The lowest BCUT2D eigenvalue weighted by Crippen LogP contribution is -2.38. The molecule has 0 saturated carbocycles. The van der Waals surface area contributed by atoms with Gasteiger partial charge in [0.1, 0.15) is 17.1 Å². The Bertz CT molecular complexity index is 1230. The zero-order valence-electron chi connectivity index (χ0n) is 16.8. The number of benzene rings is 4. The fourth-order valence-electron chi connectivity index (χ4n) is 4.95. The predicted octanol–water partition coefficient (Wildman–Crippen LogP) is 6.80. The SMILES string of the molecule is CC12Oc3c(-c4ccccc4)cccc3C1COc1c(-c3ccccc3)cccc12. The summed E-state index contributed by atoms with van der Waals surface area (Å²) in [6, 6.07) is 33.8. The summed E-state index contributed by atoms with van der Waals surface area (Å²) in [6.07, 6.45) is 0. The molecule has 0 saturated heterocycles. The standard InChI is InChI=1S/C28H22O2/c1-28-24-17-9-15-22(20-12-6-3-7-13-20)27(24)29-18-25(28)23-16-8-14-21(26(23)30-28)19-10-4-2-5-11-19/h2-17,25H,18H2,1H3. The average Bonchev–Trinajstić information content (AvgIpc) is 3.12. The summed E-state index contributed by atoms with van der Waals surface area (Å²) in [5.41, 5.74) is 6.50. The maximum Gasteiger partial charge on any atom is 0.145 e. The summed E-state index contributed by atoms with van der Waals surface area (Å²) in [7, 11) is 0. The number of para-hydroxylation sites is 2. The average molecular weight is 390 g/mol. The van der Waals surface area contributed by atoms with Gasteiger partial charge in [-0.2, -0.15) is 0 Å². The van der Waals surface area contributed by atoms with Crippen LogP contribution in [-0.2, 0) is 5.60 Å². The Kier molecular flexibility index (Phi) is 3.76. The molecular formula is C28H22O2. The molecule has 2 aliphatic rings. The third-order valence-corrected chi connectivity index (χ3v) is 6.51. The van der Waals surface area contributed by atoms with Crippen LogP contribution in [0.3, 0.4) is 0 Å². The first kappa shape index (κ1) is 17.3. The van der Waals surface area contributed by atoms with E-state index in [1.807, 2.05) is 12.1 Å². The number of rotatable bonds is 2. The number of ether oxygens (including phenoxy) is 2. The van der Waals surface area contributed by atoms with Gasteiger partial charge in [0.05, 0.1) is 12.5 Å². The van der Waals surface area contributed by atoms with Gasteiger partial charge < -0.3 is 9.47 Å². The summed E-state index contributed by atoms with van der Waals surface area (Å²) in [5, 5.41) is 0. The van der Waals surface area contributed by atoms with Crippen molar-refractivity contribution in [3.05, 3.63) is 108 Å². The summed E-state index contributed by atoms with van der Waals surface area (Å²) < 4.78 is 13.2. The quantitative estimate of drug-likeness (QED) is 0.374. The van der Waals surface area contributed by atoms with Crippen LogP contribution in [0.15, 0.2) is 97.1 Å². The van der Waals surface area contributed by atoms with Crippen LogP contribution in [0.1, 0.15) is 24.0 Å².